The largest absolute Gasteiger partial charge is 0.322 e. The first-order valence-corrected chi connectivity index (χ1v) is 8.83. The molecule has 3 aromatic carbocycles. The monoisotopic (exact) mass is 460 g/mol. The normalized spacial score (nSPS) is 10.2. The summed E-state index contributed by atoms with van der Waals surface area (Å²) in [6.45, 7) is 0. The van der Waals surface area contributed by atoms with Crippen molar-refractivity contribution in [3.05, 3.63) is 93.3 Å². The van der Waals surface area contributed by atoms with Crippen LogP contribution in [-0.4, -0.2) is 11.8 Å². The van der Waals surface area contributed by atoms with E-state index in [2.05, 4.69) is 33.2 Å². The van der Waals surface area contributed by atoms with Crippen LogP contribution in [0.2, 0.25) is 0 Å². The Balaban J connectivity index is 1.72. The molecular formula is C20H14FIN2O2. The molecule has 0 bridgehead atoms. The zero-order valence-electron chi connectivity index (χ0n) is 13.5. The van der Waals surface area contributed by atoms with Crippen molar-refractivity contribution in [1.29, 1.82) is 0 Å². The fraction of sp³-hybridized carbons (Fsp3) is 0. The molecule has 0 heterocycles. The number of carbonyl (C=O) groups excluding carboxylic acids is 2. The van der Waals surface area contributed by atoms with Gasteiger partial charge in [0.25, 0.3) is 11.8 Å². The van der Waals surface area contributed by atoms with Crippen LogP contribution in [0, 0.1) is 9.39 Å². The predicted molar refractivity (Wildman–Crippen MR) is 108 cm³/mol. The van der Waals surface area contributed by atoms with Crippen molar-refractivity contribution in [2.45, 2.75) is 0 Å². The minimum Gasteiger partial charge on any atom is -0.322 e. The van der Waals surface area contributed by atoms with Crippen LogP contribution in [0.25, 0.3) is 0 Å². The predicted octanol–water partition coefficient (Wildman–Crippen LogP) is 4.93. The fourth-order valence-corrected chi connectivity index (χ4v) is 2.85. The lowest BCUT2D eigenvalue weighted by atomic mass is 10.1. The van der Waals surface area contributed by atoms with E-state index in [0.29, 0.717) is 22.5 Å². The highest BCUT2D eigenvalue weighted by atomic mass is 127. The number of rotatable bonds is 4. The van der Waals surface area contributed by atoms with Crippen molar-refractivity contribution in [3.63, 3.8) is 0 Å². The molecular weight excluding hydrogens is 446 g/mol. The Kier molecular flexibility index (Phi) is 5.62. The van der Waals surface area contributed by atoms with Crippen LogP contribution in [0.4, 0.5) is 15.8 Å². The van der Waals surface area contributed by atoms with Gasteiger partial charge in [-0.3, -0.25) is 9.59 Å². The number of hydrogen-bond donors (Lipinski definition) is 2. The molecule has 2 amide bonds. The van der Waals surface area contributed by atoms with E-state index in [0.717, 1.165) is 3.57 Å². The lowest BCUT2D eigenvalue weighted by Crippen LogP contribution is -2.14. The van der Waals surface area contributed by atoms with Gasteiger partial charge in [0, 0.05) is 26.1 Å². The van der Waals surface area contributed by atoms with Gasteiger partial charge in [-0.05, 0) is 83.3 Å². The molecule has 0 aliphatic heterocycles. The van der Waals surface area contributed by atoms with Crippen LogP contribution in [0.3, 0.4) is 0 Å². The third-order valence-corrected chi connectivity index (χ3v) is 4.24. The Labute approximate surface area is 163 Å². The van der Waals surface area contributed by atoms with Gasteiger partial charge in [0.15, 0.2) is 0 Å². The summed E-state index contributed by atoms with van der Waals surface area (Å²) in [5.74, 6) is -0.968. The Morgan fingerprint density at radius 1 is 0.731 bits per heavy atom. The topological polar surface area (TPSA) is 58.2 Å². The van der Waals surface area contributed by atoms with E-state index < -0.39 is 0 Å². The van der Waals surface area contributed by atoms with Crippen LogP contribution in [0.15, 0.2) is 72.8 Å². The van der Waals surface area contributed by atoms with E-state index in [-0.39, 0.29) is 17.6 Å². The number of halogens is 2. The molecule has 2 N–H and O–H groups in total. The van der Waals surface area contributed by atoms with Gasteiger partial charge in [0.1, 0.15) is 5.82 Å². The Morgan fingerprint density at radius 2 is 1.31 bits per heavy atom. The molecule has 6 heteroatoms. The molecule has 0 aliphatic rings. The summed E-state index contributed by atoms with van der Waals surface area (Å²) in [6.07, 6.45) is 0. The Bertz CT molecular complexity index is 958. The molecule has 0 aliphatic carbocycles. The van der Waals surface area contributed by atoms with E-state index in [1.807, 2.05) is 12.1 Å². The van der Waals surface area contributed by atoms with E-state index in [4.69, 9.17) is 0 Å². The number of hydrogen-bond acceptors (Lipinski definition) is 2. The number of nitrogens with one attached hydrogen (secondary N) is 2. The van der Waals surface area contributed by atoms with Crippen LogP contribution >= 0.6 is 22.6 Å². The maximum atomic E-state index is 12.9. The van der Waals surface area contributed by atoms with Gasteiger partial charge in [0.05, 0.1) is 0 Å². The van der Waals surface area contributed by atoms with Gasteiger partial charge in [-0.2, -0.15) is 0 Å². The maximum Gasteiger partial charge on any atom is 0.255 e. The second-order valence-corrected chi connectivity index (χ2v) is 6.75. The summed E-state index contributed by atoms with van der Waals surface area (Å²) >= 11 is 2.14. The molecule has 0 fully saturated rings. The first-order valence-electron chi connectivity index (χ1n) is 7.75. The van der Waals surface area contributed by atoms with Crippen molar-refractivity contribution in [1.82, 2.24) is 0 Å². The molecule has 0 saturated carbocycles. The van der Waals surface area contributed by atoms with Crippen molar-refractivity contribution < 1.29 is 14.0 Å². The third kappa shape index (κ3) is 4.66. The minimum absolute atomic E-state index is 0.250. The molecule has 3 aromatic rings. The zero-order valence-corrected chi connectivity index (χ0v) is 15.7. The zero-order chi connectivity index (χ0) is 18.5. The first-order chi connectivity index (χ1) is 12.5. The lowest BCUT2D eigenvalue weighted by Gasteiger charge is -2.09. The molecule has 4 nitrogen and oxygen atoms in total. The summed E-state index contributed by atoms with van der Waals surface area (Å²) in [5.41, 5.74) is 1.93. The van der Waals surface area contributed by atoms with Crippen molar-refractivity contribution >= 4 is 45.8 Å². The quantitative estimate of drug-likeness (QED) is 0.543. The van der Waals surface area contributed by atoms with Crippen molar-refractivity contribution in [2.75, 3.05) is 10.6 Å². The summed E-state index contributed by atoms with van der Waals surface area (Å²) < 4.78 is 13.9. The van der Waals surface area contributed by atoms with Crippen molar-refractivity contribution in [2.24, 2.45) is 0 Å². The van der Waals surface area contributed by atoms with Gasteiger partial charge >= 0.3 is 0 Å². The highest BCUT2D eigenvalue weighted by Crippen LogP contribution is 2.16. The lowest BCUT2D eigenvalue weighted by molar-refractivity contribution is 0.101. The molecule has 26 heavy (non-hydrogen) atoms. The average Bonchev–Trinajstić information content (AvgIpc) is 2.64. The number of anilines is 2. The number of amides is 2. The summed E-state index contributed by atoms with van der Waals surface area (Å²) in [5, 5.41) is 5.47. The molecule has 130 valence electrons. The molecule has 0 atom stereocenters. The Morgan fingerprint density at radius 3 is 1.96 bits per heavy atom. The number of benzene rings is 3. The molecule has 3 rings (SSSR count). The highest BCUT2D eigenvalue weighted by molar-refractivity contribution is 14.1. The minimum atomic E-state index is -0.372. The van der Waals surface area contributed by atoms with Crippen LogP contribution < -0.4 is 10.6 Å². The summed E-state index contributed by atoms with van der Waals surface area (Å²) in [6, 6.07) is 19.3. The molecule has 0 aromatic heterocycles. The van der Waals surface area contributed by atoms with Crippen LogP contribution in [0.1, 0.15) is 20.7 Å². The smallest absolute Gasteiger partial charge is 0.255 e. The highest BCUT2D eigenvalue weighted by Gasteiger charge is 2.10. The van der Waals surface area contributed by atoms with Crippen LogP contribution in [-0.2, 0) is 0 Å². The van der Waals surface area contributed by atoms with Gasteiger partial charge in [-0.1, -0.05) is 12.1 Å². The van der Waals surface area contributed by atoms with Crippen LogP contribution in [0.5, 0.6) is 0 Å². The Hall–Kier alpha value is -2.74. The first kappa shape index (κ1) is 18.1. The molecule has 0 radical (unpaired) electrons. The standard InChI is InChI=1S/C20H14FIN2O2/c21-15-7-9-17(10-8-15)23-20(26)14-4-2-6-18(12-14)24-19(25)13-3-1-5-16(22)11-13/h1-12H,(H,23,26)(H,24,25). The van der Waals surface area contributed by atoms with E-state index >= 15 is 0 Å². The van der Waals surface area contributed by atoms with Gasteiger partial charge in [-0.15, -0.1) is 0 Å². The van der Waals surface area contributed by atoms with E-state index in [1.54, 1.807) is 36.4 Å². The maximum absolute atomic E-state index is 12.9. The third-order valence-electron chi connectivity index (χ3n) is 3.57. The summed E-state index contributed by atoms with van der Waals surface area (Å²) in [4.78, 5) is 24.7. The second-order valence-electron chi connectivity index (χ2n) is 5.51. The average molecular weight is 460 g/mol. The van der Waals surface area contributed by atoms with Gasteiger partial charge in [0.2, 0.25) is 0 Å². The SMILES string of the molecule is O=C(Nc1cccc(C(=O)Nc2ccc(F)cc2)c1)c1cccc(I)c1. The summed E-state index contributed by atoms with van der Waals surface area (Å²) in [7, 11) is 0. The van der Waals surface area contributed by atoms with Crippen molar-refractivity contribution in [3.8, 4) is 0 Å². The molecule has 0 spiro atoms. The van der Waals surface area contributed by atoms with E-state index in [1.165, 1.54) is 24.3 Å². The van der Waals surface area contributed by atoms with Gasteiger partial charge in [-0.25, -0.2) is 4.39 Å². The van der Waals surface area contributed by atoms with Gasteiger partial charge < -0.3 is 10.6 Å². The number of carbonyl (C=O) groups is 2. The fourth-order valence-electron chi connectivity index (χ4n) is 2.31. The molecule has 0 unspecified atom stereocenters. The second kappa shape index (κ2) is 8.09. The molecule has 0 saturated heterocycles. The van der Waals surface area contributed by atoms with E-state index in [9.17, 15) is 14.0 Å².